The molecule has 2 heterocycles. The van der Waals surface area contributed by atoms with Crippen molar-refractivity contribution in [3.63, 3.8) is 0 Å². The number of aromatic nitrogens is 2. The van der Waals surface area contributed by atoms with Crippen molar-refractivity contribution in [3.05, 3.63) is 5.82 Å². The standard InChI is InChI=1S/C11H19N3O2S/c1-3-9-13-10(17-14-9)12-8-11(15-2)4-6-16-7-5-11/h3-8H2,1-2H3,(H,12,13,14). The molecule has 5 nitrogen and oxygen atoms in total. The van der Waals surface area contributed by atoms with Gasteiger partial charge in [-0.3, -0.25) is 0 Å². The average Bonchev–Trinajstić information content (AvgIpc) is 2.85. The second-order valence-electron chi connectivity index (χ2n) is 4.22. The highest BCUT2D eigenvalue weighted by atomic mass is 32.1. The van der Waals surface area contributed by atoms with Crippen molar-refractivity contribution in [2.45, 2.75) is 31.8 Å². The van der Waals surface area contributed by atoms with Gasteiger partial charge in [0.05, 0.1) is 5.60 Å². The molecule has 1 aromatic rings. The van der Waals surface area contributed by atoms with Gasteiger partial charge in [0.1, 0.15) is 5.82 Å². The van der Waals surface area contributed by atoms with Crippen LogP contribution in [0.1, 0.15) is 25.6 Å². The number of methoxy groups -OCH3 is 1. The lowest BCUT2D eigenvalue weighted by Crippen LogP contribution is -2.44. The first-order valence-corrected chi connectivity index (χ1v) is 6.75. The minimum Gasteiger partial charge on any atom is -0.381 e. The molecule has 0 saturated carbocycles. The molecule has 0 radical (unpaired) electrons. The van der Waals surface area contributed by atoms with E-state index in [1.807, 2.05) is 0 Å². The molecular formula is C11H19N3O2S. The Labute approximate surface area is 106 Å². The van der Waals surface area contributed by atoms with E-state index in [0.717, 1.165) is 50.0 Å². The number of hydrogen-bond donors (Lipinski definition) is 1. The van der Waals surface area contributed by atoms with Crippen molar-refractivity contribution in [3.8, 4) is 0 Å². The van der Waals surface area contributed by atoms with Crippen LogP contribution >= 0.6 is 11.5 Å². The third kappa shape index (κ3) is 3.14. The van der Waals surface area contributed by atoms with Gasteiger partial charge in [-0.05, 0) is 0 Å². The van der Waals surface area contributed by atoms with Crippen LogP contribution in [-0.2, 0) is 15.9 Å². The van der Waals surface area contributed by atoms with E-state index in [1.165, 1.54) is 11.5 Å². The van der Waals surface area contributed by atoms with E-state index < -0.39 is 0 Å². The maximum atomic E-state index is 5.65. The van der Waals surface area contributed by atoms with Gasteiger partial charge in [0.25, 0.3) is 0 Å². The van der Waals surface area contributed by atoms with Crippen LogP contribution in [0.25, 0.3) is 0 Å². The first-order valence-electron chi connectivity index (χ1n) is 5.97. The Hall–Kier alpha value is -0.720. The number of nitrogens with one attached hydrogen (secondary N) is 1. The summed E-state index contributed by atoms with van der Waals surface area (Å²) in [6, 6.07) is 0. The topological polar surface area (TPSA) is 56.3 Å². The van der Waals surface area contributed by atoms with Gasteiger partial charge in [-0.2, -0.15) is 4.37 Å². The Morgan fingerprint density at radius 3 is 2.82 bits per heavy atom. The van der Waals surface area contributed by atoms with Crippen molar-refractivity contribution >= 4 is 16.7 Å². The van der Waals surface area contributed by atoms with Crippen LogP contribution in [0, 0.1) is 0 Å². The average molecular weight is 257 g/mol. The summed E-state index contributed by atoms with van der Waals surface area (Å²) in [5, 5.41) is 4.20. The van der Waals surface area contributed by atoms with Crippen LogP contribution in [0.4, 0.5) is 5.13 Å². The SMILES string of the molecule is CCc1nsc(NCC2(OC)CCOCC2)n1. The molecule has 6 heteroatoms. The maximum Gasteiger partial charge on any atom is 0.202 e. The Morgan fingerprint density at radius 1 is 1.47 bits per heavy atom. The predicted molar refractivity (Wildman–Crippen MR) is 67.6 cm³/mol. The molecule has 2 rings (SSSR count). The molecule has 1 fully saturated rings. The Kier molecular flexibility index (Phi) is 4.31. The van der Waals surface area contributed by atoms with E-state index in [2.05, 4.69) is 21.6 Å². The van der Waals surface area contributed by atoms with Gasteiger partial charge < -0.3 is 14.8 Å². The molecule has 0 aliphatic carbocycles. The van der Waals surface area contributed by atoms with Crippen molar-refractivity contribution in [1.29, 1.82) is 0 Å². The Bertz CT molecular complexity index is 350. The van der Waals surface area contributed by atoms with E-state index in [1.54, 1.807) is 7.11 Å². The predicted octanol–water partition coefficient (Wildman–Crippen LogP) is 1.71. The van der Waals surface area contributed by atoms with Crippen LogP contribution in [0.5, 0.6) is 0 Å². The number of ether oxygens (including phenoxy) is 2. The van der Waals surface area contributed by atoms with E-state index >= 15 is 0 Å². The number of nitrogens with zero attached hydrogens (tertiary/aromatic N) is 2. The lowest BCUT2D eigenvalue weighted by atomic mass is 9.94. The third-order valence-corrected chi connectivity index (χ3v) is 3.89. The summed E-state index contributed by atoms with van der Waals surface area (Å²) in [5.74, 6) is 0.899. The molecule has 96 valence electrons. The lowest BCUT2D eigenvalue weighted by Gasteiger charge is -2.35. The van der Waals surface area contributed by atoms with Crippen molar-refractivity contribution in [1.82, 2.24) is 9.36 Å². The maximum absolute atomic E-state index is 5.65. The third-order valence-electron chi connectivity index (χ3n) is 3.18. The van der Waals surface area contributed by atoms with Gasteiger partial charge in [0.2, 0.25) is 5.13 Å². The van der Waals surface area contributed by atoms with Gasteiger partial charge in [-0.25, -0.2) is 4.98 Å². The van der Waals surface area contributed by atoms with Gasteiger partial charge in [-0.15, -0.1) is 0 Å². The number of rotatable bonds is 5. The summed E-state index contributed by atoms with van der Waals surface area (Å²) in [5.41, 5.74) is -0.115. The van der Waals surface area contributed by atoms with E-state index in [0.29, 0.717) is 0 Å². The summed E-state index contributed by atoms with van der Waals surface area (Å²) >= 11 is 1.41. The zero-order valence-corrected chi connectivity index (χ0v) is 11.2. The fraction of sp³-hybridized carbons (Fsp3) is 0.818. The molecule has 0 amide bonds. The fourth-order valence-corrected chi connectivity index (χ4v) is 2.55. The quantitative estimate of drug-likeness (QED) is 0.870. The molecule has 0 spiro atoms. The van der Waals surface area contributed by atoms with Crippen LogP contribution < -0.4 is 5.32 Å². The van der Waals surface area contributed by atoms with Gasteiger partial charge >= 0.3 is 0 Å². The second kappa shape index (κ2) is 5.75. The van der Waals surface area contributed by atoms with Crippen LogP contribution in [0.15, 0.2) is 0 Å². The molecule has 1 saturated heterocycles. The lowest BCUT2D eigenvalue weighted by molar-refractivity contribution is -0.0807. The highest BCUT2D eigenvalue weighted by Gasteiger charge is 2.32. The zero-order chi connectivity index (χ0) is 12.1. The molecule has 1 N–H and O–H groups in total. The molecule has 0 atom stereocenters. The number of anilines is 1. The molecule has 1 aliphatic heterocycles. The highest BCUT2D eigenvalue weighted by Crippen LogP contribution is 2.25. The van der Waals surface area contributed by atoms with Crippen LogP contribution in [0.3, 0.4) is 0 Å². The Morgan fingerprint density at radius 2 is 2.24 bits per heavy atom. The van der Waals surface area contributed by atoms with E-state index in [9.17, 15) is 0 Å². The zero-order valence-electron chi connectivity index (χ0n) is 10.4. The molecule has 1 aliphatic rings. The summed E-state index contributed by atoms with van der Waals surface area (Å²) < 4.78 is 15.3. The molecule has 17 heavy (non-hydrogen) atoms. The van der Waals surface area contributed by atoms with Crippen molar-refractivity contribution < 1.29 is 9.47 Å². The summed E-state index contributed by atoms with van der Waals surface area (Å²) in [7, 11) is 1.77. The molecular weight excluding hydrogens is 238 g/mol. The van der Waals surface area contributed by atoms with Crippen molar-refractivity contribution in [2.75, 3.05) is 32.2 Å². The van der Waals surface area contributed by atoms with Crippen LogP contribution in [0.2, 0.25) is 0 Å². The molecule has 1 aromatic heterocycles. The monoisotopic (exact) mass is 257 g/mol. The first kappa shape index (κ1) is 12.7. The van der Waals surface area contributed by atoms with Gasteiger partial charge in [0.15, 0.2) is 0 Å². The van der Waals surface area contributed by atoms with Crippen LogP contribution in [-0.4, -0.2) is 41.8 Å². The molecule has 0 bridgehead atoms. The number of hydrogen-bond acceptors (Lipinski definition) is 6. The summed E-state index contributed by atoms with van der Waals surface area (Å²) in [4.78, 5) is 4.39. The van der Waals surface area contributed by atoms with Gasteiger partial charge in [0, 0.05) is 57.7 Å². The van der Waals surface area contributed by atoms with Gasteiger partial charge in [-0.1, -0.05) is 6.92 Å². The molecule has 0 unspecified atom stereocenters. The highest BCUT2D eigenvalue weighted by molar-refractivity contribution is 7.09. The smallest absolute Gasteiger partial charge is 0.202 e. The largest absolute Gasteiger partial charge is 0.381 e. The Balaban J connectivity index is 1.90. The van der Waals surface area contributed by atoms with Crippen molar-refractivity contribution in [2.24, 2.45) is 0 Å². The van der Waals surface area contributed by atoms with E-state index in [4.69, 9.17) is 9.47 Å². The number of aryl methyl sites for hydroxylation is 1. The van der Waals surface area contributed by atoms with E-state index in [-0.39, 0.29) is 5.60 Å². The minimum absolute atomic E-state index is 0.115. The first-order chi connectivity index (χ1) is 8.28. The summed E-state index contributed by atoms with van der Waals surface area (Å²) in [6.45, 7) is 4.36. The minimum atomic E-state index is -0.115. The fourth-order valence-electron chi connectivity index (χ4n) is 1.90. The normalized spacial score (nSPS) is 19.2. The second-order valence-corrected chi connectivity index (χ2v) is 4.97. The molecule has 0 aromatic carbocycles. The summed E-state index contributed by atoms with van der Waals surface area (Å²) in [6.07, 6.45) is 2.73.